The standard InChI is InChI=1S/C15H25NOS/c1-5-11(2)10-18-15(12(3)16)13-7-6-8-14(9-13)17-4/h6-9,11-12,15H,5,10,16H2,1-4H3. The fourth-order valence-electron chi connectivity index (χ4n) is 1.76. The Morgan fingerprint density at radius 2 is 2.06 bits per heavy atom. The lowest BCUT2D eigenvalue weighted by Crippen LogP contribution is -2.23. The van der Waals surface area contributed by atoms with Crippen LogP contribution in [0.4, 0.5) is 0 Å². The largest absolute Gasteiger partial charge is 0.497 e. The number of thioether (sulfide) groups is 1. The molecule has 2 nitrogen and oxygen atoms in total. The Hall–Kier alpha value is -0.670. The van der Waals surface area contributed by atoms with Crippen molar-refractivity contribution in [3.05, 3.63) is 29.8 Å². The van der Waals surface area contributed by atoms with Crippen LogP contribution in [0, 0.1) is 5.92 Å². The molecule has 0 saturated heterocycles. The number of methoxy groups -OCH3 is 1. The number of hydrogen-bond donors (Lipinski definition) is 1. The second kappa shape index (κ2) is 7.70. The van der Waals surface area contributed by atoms with Gasteiger partial charge in [-0.05, 0) is 36.3 Å². The van der Waals surface area contributed by atoms with E-state index in [-0.39, 0.29) is 6.04 Å². The number of nitrogens with two attached hydrogens (primary N) is 1. The van der Waals surface area contributed by atoms with Crippen molar-refractivity contribution in [1.82, 2.24) is 0 Å². The minimum Gasteiger partial charge on any atom is -0.497 e. The molecular weight excluding hydrogens is 242 g/mol. The minimum atomic E-state index is 0.145. The van der Waals surface area contributed by atoms with Crippen molar-refractivity contribution in [3.8, 4) is 5.75 Å². The molecule has 18 heavy (non-hydrogen) atoms. The smallest absolute Gasteiger partial charge is 0.119 e. The summed E-state index contributed by atoms with van der Waals surface area (Å²) in [5, 5.41) is 0.342. The zero-order valence-electron chi connectivity index (χ0n) is 11.8. The molecule has 102 valence electrons. The summed E-state index contributed by atoms with van der Waals surface area (Å²) in [6, 6.07) is 8.39. The number of rotatable bonds is 7. The Bertz CT molecular complexity index is 354. The molecule has 0 bridgehead atoms. The van der Waals surface area contributed by atoms with Crippen LogP contribution in [0.5, 0.6) is 5.75 Å². The van der Waals surface area contributed by atoms with E-state index in [2.05, 4.69) is 32.9 Å². The quantitative estimate of drug-likeness (QED) is 0.814. The summed E-state index contributed by atoms with van der Waals surface area (Å²) in [6.07, 6.45) is 1.22. The molecule has 0 aliphatic rings. The van der Waals surface area contributed by atoms with E-state index in [4.69, 9.17) is 10.5 Å². The molecule has 1 aromatic rings. The van der Waals surface area contributed by atoms with E-state index in [1.807, 2.05) is 23.9 Å². The monoisotopic (exact) mass is 267 g/mol. The highest BCUT2D eigenvalue weighted by atomic mass is 32.2. The van der Waals surface area contributed by atoms with Crippen molar-refractivity contribution in [2.75, 3.05) is 12.9 Å². The van der Waals surface area contributed by atoms with Gasteiger partial charge in [0.2, 0.25) is 0 Å². The molecule has 3 atom stereocenters. The molecule has 3 unspecified atom stereocenters. The van der Waals surface area contributed by atoms with Crippen LogP contribution in [0.1, 0.15) is 38.0 Å². The fourth-order valence-corrected chi connectivity index (χ4v) is 3.17. The summed E-state index contributed by atoms with van der Waals surface area (Å²) in [6.45, 7) is 6.60. The van der Waals surface area contributed by atoms with Crippen LogP contribution in [-0.2, 0) is 0 Å². The van der Waals surface area contributed by atoms with Crippen LogP contribution in [0.15, 0.2) is 24.3 Å². The molecule has 0 heterocycles. The van der Waals surface area contributed by atoms with E-state index in [0.29, 0.717) is 5.25 Å². The maximum Gasteiger partial charge on any atom is 0.119 e. The first-order chi connectivity index (χ1) is 8.58. The van der Waals surface area contributed by atoms with E-state index >= 15 is 0 Å². The average molecular weight is 267 g/mol. The lowest BCUT2D eigenvalue weighted by atomic mass is 10.1. The van der Waals surface area contributed by atoms with E-state index in [1.165, 1.54) is 12.0 Å². The molecule has 0 fully saturated rings. The summed E-state index contributed by atoms with van der Waals surface area (Å²) in [5.74, 6) is 2.80. The first kappa shape index (κ1) is 15.4. The van der Waals surface area contributed by atoms with Crippen LogP contribution in [0.2, 0.25) is 0 Å². The van der Waals surface area contributed by atoms with Gasteiger partial charge in [-0.25, -0.2) is 0 Å². The molecule has 0 saturated carbocycles. The lowest BCUT2D eigenvalue weighted by molar-refractivity contribution is 0.414. The van der Waals surface area contributed by atoms with Gasteiger partial charge in [-0.15, -0.1) is 0 Å². The summed E-state index contributed by atoms with van der Waals surface area (Å²) >= 11 is 1.95. The van der Waals surface area contributed by atoms with Crippen LogP contribution >= 0.6 is 11.8 Å². The highest BCUT2D eigenvalue weighted by Gasteiger charge is 2.18. The Kier molecular flexibility index (Phi) is 6.58. The van der Waals surface area contributed by atoms with Gasteiger partial charge in [0.15, 0.2) is 0 Å². The minimum absolute atomic E-state index is 0.145. The molecule has 0 radical (unpaired) electrons. The first-order valence-corrected chi connectivity index (χ1v) is 7.64. The zero-order valence-corrected chi connectivity index (χ0v) is 12.7. The Morgan fingerprint density at radius 3 is 2.61 bits per heavy atom. The third kappa shape index (κ3) is 4.54. The Balaban J connectivity index is 2.77. The molecule has 1 aromatic carbocycles. The normalized spacial score (nSPS) is 16.1. The number of hydrogen-bond acceptors (Lipinski definition) is 3. The van der Waals surface area contributed by atoms with Crippen LogP contribution in [-0.4, -0.2) is 18.9 Å². The van der Waals surface area contributed by atoms with Gasteiger partial charge in [-0.1, -0.05) is 32.4 Å². The highest BCUT2D eigenvalue weighted by molar-refractivity contribution is 7.99. The van der Waals surface area contributed by atoms with Crippen molar-refractivity contribution in [1.29, 1.82) is 0 Å². The van der Waals surface area contributed by atoms with E-state index in [0.717, 1.165) is 17.4 Å². The van der Waals surface area contributed by atoms with Gasteiger partial charge < -0.3 is 10.5 Å². The predicted octanol–water partition coefficient (Wildman–Crippen LogP) is 3.86. The average Bonchev–Trinajstić information content (AvgIpc) is 2.38. The van der Waals surface area contributed by atoms with Crippen LogP contribution in [0.3, 0.4) is 0 Å². The molecule has 0 aliphatic carbocycles. The Labute approximate surface area is 115 Å². The lowest BCUT2D eigenvalue weighted by Gasteiger charge is -2.22. The first-order valence-electron chi connectivity index (χ1n) is 6.59. The molecule has 0 amide bonds. The van der Waals surface area contributed by atoms with Gasteiger partial charge in [-0.2, -0.15) is 11.8 Å². The summed E-state index contributed by atoms with van der Waals surface area (Å²) < 4.78 is 5.28. The predicted molar refractivity (Wildman–Crippen MR) is 81.3 cm³/mol. The number of benzene rings is 1. The Morgan fingerprint density at radius 1 is 1.33 bits per heavy atom. The molecule has 2 N–H and O–H groups in total. The van der Waals surface area contributed by atoms with Crippen LogP contribution < -0.4 is 10.5 Å². The van der Waals surface area contributed by atoms with Crippen LogP contribution in [0.25, 0.3) is 0 Å². The van der Waals surface area contributed by atoms with Crippen molar-refractivity contribution in [3.63, 3.8) is 0 Å². The maximum atomic E-state index is 6.13. The second-order valence-electron chi connectivity index (χ2n) is 4.90. The molecule has 1 rings (SSSR count). The summed E-state index contributed by atoms with van der Waals surface area (Å²) in [5.41, 5.74) is 7.39. The maximum absolute atomic E-state index is 6.13. The SMILES string of the molecule is CCC(C)CSC(c1cccc(OC)c1)C(C)N. The summed E-state index contributed by atoms with van der Waals surface area (Å²) in [7, 11) is 1.70. The number of ether oxygens (including phenoxy) is 1. The van der Waals surface area contributed by atoms with Gasteiger partial charge in [0.1, 0.15) is 5.75 Å². The van der Waals surface area contributed by atoms with Gasteiger partial charge in [0.05, 0.1) is 7.11 Å². The second-order valence-corrected chi connectivity index (χ2v) is 6.08. The molecule has 0 aliphatic heterocycles. The molecule has 3 heteroatoms. The fraction of sp³-hybridized carbons (Fsp3) is 0.600. The van der Waals surface area contributed by atoms with Crippen molar-refractivity contribution in [2.24, 2.45) is 11.7 Å². The zero-order chi connectivity index (χ0) is 13.5. The summed E-state index contributed by atoms with van der Waals surface area (Å²) in [4.78, 5) is 0. The van der Waals surface area contributed by atoms with Gasteiger partial charge >= 0.3 is 0 Å². The van der Waals surface area contributed by atoms with Crippen molar-refractivity contribution in [2.45, 2.75) is 38.5 Å². The molecular formula is C15H25NOS. The third-order valence-corrected chi connectivity index (χ3v) is 4.98. The van der Waals surface area contributed by atoms with Crippen molar-refractivity contribution >= 4 is 11.8 Å². The van der Waals surface area contributed by atoms with E-state index < -0.39 is 0 Å². The van der Waals surface area contributed by atoms with E-state index in [9.17, 15) is 0 Å². The molecule has 0 aromatic heterocycles. The highest BCUT2D eigenvalue weighted by Crippen LogP contribution is 2.34. The third-order valence-electron chi connectivity index (χ3n) is 3.16. The molecule has 0 spiro atoms. The van der Waals surface area contributed by atoms with Gasteiger partial charge in [0, 0.05) is 11.3 Å². The van der Waals surface area contributed by atoms with E-state index in [1.54, 1.807) is 7.11 Å². The van der Waals surface area contributed by atoms with Gasteiger partial charge in [0.25, 0.3) is 0 Å². The van der Waals surface area contributed by atoms with Crippen molar-refractivity contribution < 1.29 is 4.74 Å². The topological polar surface area (TPSA) is 35.2 Å². The van der Waals surface area contributed by atoms with Gasteiger partial charge in [-0.3, -0.25) is 0 Å².